The molecule has 0 spiro atoms. The van der Waals surface area contributed by atoms with E-state index in [9.17, 15) is 9.90 Å². The minimum Gasteiger partial charge on any atom is -0.504 e. The van der Waals surface area contributed by atoms with Crippen molar-refractivity contribution in [3.8, 4) is 11.5 Å². The number of benzene rings is 2. The third kappa shape index (κ3) is 8.86. The standard InChI is InChI=1S/C26H30N4O3.2C2H6/c1-5-17(2)26(29-21-8-6-7-19(14-21)15-24(27)32)30-12-11-28-25(30)13-18(3)20-9-10-22(31)23(16-20)33-4;2*1-2/h6-14,16,29,31H,5,15H2,1-4H3,(H2,27,32);2*1-2H3/b18-13+,26-17?;;. The van der Waals surface area contributed by atoms with Crippen molar-refractivity contribution in [1.29, 1.82) is 0 Å². The first kappa shape index (κ1) is 31.0. The van der Waals surface area contributed by atoms with Crippen LogP contribution in [0.4, 0.5) is 5.69 Å². The Labute approximate surface area is 221 Å². The Morgan fingerprint density at radius 2 is 1.84 bits per heavy atom. The predicted octanol–water partition coefficient (Wildman–Crippen LogP) is 6.95. The number of ether oxygens (including phenoxy) is 1. The van der Waals surface area contributed by atoms with Crippen molar-refractivity contribution in [2.24, 2.45) is 5.73 Å². The number of phenolic OH excluding ortho intramolecular Hbond substituents is 1. The summed E-state index contributed by atoms with van der Waals surface area (Å²) in [5, 5.41) is 13.4. The normalized spacial score (nSPS) is 11.3. The van der Waals surface area contributed by atoms with Crippen molar-refractivity contribution in [1.82, 2.24) is 9.55 Å². The number of aromatic nitrogens is 2. The van der Waals surface area contributed by atoms with Gasteiger partial charge in [-0.25, -0.2) is 4.98 Å². The molecule has 0 aliphatic rings. The largest absolute Gasteiger partial charge is 0.504 e. The van der Waals surface area contributed by atoms with E-state index >= 15 is 0 Å². The number of nitrogens with two attached hydrogens (primary N) is 1. The van der Waals surface area contributed by atoms with Crippen LogP contribution in [0.5, 0.6) is 11.5 Å². The summed E-state index contributed by atoms with van der Waals surface area (Å²) in [5.41, 5.74) is 10.1. The second-order valence-corrected chi connectivity index (χ2v) is 7.82. The molecular weight excluding hydrogens is 464 g/mol. The van der Waals surface area contributed by atoms with Crippen LogP contribution < -0.4 is 15.8 Å². The van der Waals surface area contributed by atoms with Crippen LogP contribution in [-0.2, 0) is 11.2 Å². The quantitative estimate of drug-likeness (QED) is 0.291. The molecule has 0 unspecified atom stereocenters. The Bertz CT molecular complexity index is 1210. The lowest BCUT2D eigenvalue weighted by molar-refractivity contribution is -0.117. The summed E-state index contributed by atoms with van der Waals surface area (Å²) in [4.78, 5) is 15.9. The van der Waals surface area contributed by atoms with Gasteiger partial charge in [-0.3, -0.25) is 9.36 Å². The number of rotatable bonds is 9. The first-order valence-electron chi connectivity index (χ1n) is 12.8. The maximum absolute atomic E-state index is 11.3. The Morgan fingerprint density at radius 3 is 2.46 bits per heavy atom. The number of carbonyl (C=O) groups is 1. The van der Waals surface area contributed by atoms with Gasteiger partial charge in [0.2, 0.25) is 5.91 Å². The number of aromatic hydroxyl groups is 1. The van der Waals surface area contributed by atoms with Gasteiger partial charge in [0.25, 0.3) is 0 Å². The summed E-state index contributed by atoms with van der Waals surface area (Å²) >= 11 is 0. The zero-order valence-corrected chi connectivity index (χ0v) is 23.4. The van der Waals surface area contributed by atoms with E-state index in [1.165, 1.54) is 7.11 Å². The molecule has 1 aromatic heterocycles. The van der Waals surface area contributed by atoms with E-state index in [1.807, 2.05) is 81.8 Å². The maximum atomic E-state index is 11.3. The van der Waals surface area contributed by atoms with Crippen LogP contribution >= 0.6 is 0 Å². The fourth-order valence-corrected chi connectivity index (χ4v) is 3.45. The Kier molecular flexibility index (Phi) is 13.3. The monoisotopic (exact) mass is 506 g/mol. The van der Waals surface area contributed by atoms with Crippen LogP contribution in [0.25, 0.3) is 17.5 Å². The maximum Gasteiger partial charge on any atom is 0.221 e. The summed E-state index contributed by atoms with van der Waals surface area (Å²) in [6.45, 7) is 14.2. The van der Waals surface area contributed by atoms with Crippen LogP contribution in [0.2, 0.25) is 0 Å². The smallest absolute Gasteiger partial charge is 0.221 e. The lowest BCUT2D eigenvalue weighted by Gasteiger charge is -2.18. The molecule has 7 nitrogen and oxygen atoms in total. The number of methoxy groups -OCH3 is 1. The van der Waals surface area contributed by atoms with E-state index in [0.29, 0.717) is 5.75 Å². The minimum absolute atomic E-state index is 0.0992. The average Bonchev–Trinajstić information content (AvgIpc) is 3.36. The van der Waals surface area contributed by atoms with Gasteiger partial charge in [0.1, 0.15) is 11.6 Å². The van der Waals surface area contributed by atoms with Crippen molar-refractivity contribution in [3.63, 3.8) is 0 Å². The SMILES string of the molecule is CC.CC.CCC(C)=C(Nc1cccc(CC(N)=O)c1)n1ccnc1/C=C(\C)c1ccc(O)c(OC)c1. The van der Waals surface area contributed by atoms with E-state index in [0.717, 1.165) is 46.0 Å². The lowest BCUT2D eigenvalue weighted by atomic mass is 10.1. The Balaban J connectivity index is 0.00000163. The molecule has 0 atom stereocenters. The number of hydrogen-bond donors (Lipinski definition) is 3. The molecule has 37 heavy (non-hydrogen) atoms. The van der Waals surface area contributed by atoms with Gasteiger partial charge in [0.15, 0.2) is 11.5 Å². The molecule has 200 valence electrons. The third-order valence-electron chi connectivity index (χ3n) is 5.39. The molecule has 0 bridgehead atoms. The number of primary amides is 1. The molecule has 0 fully saturated rings. The molecule has 0 saturated heterocycles. The summed E-state index contributed by atoms with van der Waals surface area (Å²) in [6.07, 6.45) is 6.68. The van der Waals surface area contributed by atoms with Gasteiger partial charge >= 0.3 is 0 Å². The molecule has 0 radical (unpaired) electrons. The minimum atomic E-state index is -0.365. The van der Waals surface area contributed by atoms with E-state index in [2.05, 4.69) is 24.1 Å². The van der Waals surface area contributed by atoms with Crippen molar-refractivity contribution in [3.05, 3.63) is 77.4 Å². The second-order valence-electron chi connectivity index (χ2n) is 7.82. The molecular formula is C30H42N4O3. The van der Waals surface area contributed by atoms with Gasteiger partial charge in [-0.2, -0.15) is 0 Å². The van der Waals surface area contributed by atoms with Crippen LogP contribution in [0.3, 0.4) is 0 Å². The number of amides is 1. The van der Waals surface area contributed by atoms with Gasteiger partial charge in [-0.15, -0.1) is 0 Å². The third-order valence-corrected chi connectivity index (χ3v) is 5.39. The first-order valence-corrected chi connectivity index (χ1v) is 12.8. The molecule has 7 heteroatoms. The summed E-state index contributed by atoms with van der Waals surface area (Å²) < 4.78 is 7.24. The van der Waals surface area contributed by atoms with Crippen molar-refractivity contribution < 1.29 is 14.6 Å². The fourth-order valence-electron chi connectivity index (χ4n) is 3.45. The first-order chi connectivity index (χ1) is 17.8. The predicted molar refractivity (Wildman–Crippen MR) is 155 cm³/mol. The van der Waals surface area contributed by atoms with Crippen LogP contribution in [0, 0.1) is 0 Å². The summed E-state index contributed by atoms with van der Waals surface area (Å²) in [5.74, 6) is 1.80. The zero-order chi connectivity index (χ0) is 28.0. The molecule has 0 saturated carbocycles. The molecule has 3 aromatic rings. The molecule has 2 aromatic carbocycles. The van der Waals surface area contributed by atoms with Crippen LogP contribution in [0.15, 0.2) is 60.4 Å². The molecule has 3 rings (SSSR count). The molecule has 1 heterocycles. The average molecular weight is 507 g/mol. The number of anilines is 1. The Hall–Kier alpha value is -4.00. The highest BCUT2D eigenvalue weighted by atomic mass is 16.5. The highest BCUT2D eigenvalue weighted by molar-refractivity contribution is 5.81. The van der Waals surface area contributed by atoms with Gasteiger partial charge < -0.3 is 20.9 Å². The highest BCUT2D eigenvalue weighted by Crippen LogP contribution is 2.30. The molecule has 1 amide bonds. The van der Waals surface area contributed by atoms with Gasteiger partial charge in [-0.05, 0) is 72.9 Å². The topological polar surface area (TPSA) is 102 Å². The van der Waals surface area contributed by atoms with Crippen LogP contribution in [-0.4, -0.2) is 27.7 Å². The van der Waals surface area contributed by atoms with Crippen molar-refractivity contribution in [2.45, 2.75) is 61.3 Å². The van der Waals surface area contributed by atoms with E-state index in [-0.39, 0.29) is 18.1 Å². The number of allylic oxidation sites excluding steroid dienone is 2. The van der Waals surface area contributed by atoms with Crippen molar-refractivity contribution in [2.75, 3.05) is 12.4 Å². The Morgan fingerprint density at radius 1 is 1.14 bits per heavy atom. The highest BCUT2D eigenvalue weighted by Gasteiger charge is 2.12. The number of hydrogen-bond acceptors (Lipinski definition) is 5. The number of nitrogens with zero attached hydrogens (tertiary/aromatic N) is 2. The van der Waals surface area contributed by atoms with Crippen molar-refractivity contribution >= 4 is 29.1 Å². The van der Waals surface area contributed by atoms with E-state index < -0.39 is 0 Å². The van der Waals surface area contributed by atoms with Crippen LogP contribution in [0.1, 0.15) is 71.8 Å². The van der Waals surface area contributed by atoms with E-state index in [1.54, 1.807) is 18.3 Å². The lowest BCUT2D eigenvalue weighted by Crippen LogP contribution is -2.14. The summed E-state index contributed by atoms with van der Waals surface area (Å²) in [6, 6.07) is 12.9. The number of phenols is 1. The number of nitrogens with one attached hydrogen (secondary N) is 1. The zero-order valence-electron chi connectivity index (χ0n) is 23.4. The van der Waals surface area contributed by atoms with Gasteiger partial charge in [0, 0.05) is 18.1 Å². The number of imidazole rings is 1. The number of carbonyl (C=O) groups excluding carboxylic acids is 1. The van der Waals surface area contributed by atoms with Gasteiger partial charge in [0.05, 0.1) is 13.5 Å². The van der Waals surface area contributed by atoms with Gasteiger partial charge in [-0.1, -0.05) is 52.8 Å². The summed E-state index contributed by atoms with van der Waals surface area (Å²) in [7, 11) is 1.53. The fraction of sp³-hybridized carbons (Fsp3) is 0.333. The molecule has 0 aliphatic carbocycles. The second kappa shape index (κ2) is 15.9. The molecule has 4 N–H and O–H groups in total. The molecule has 0 aliphatic heterocycles. The van der Waals surface area contributed by atoms with E-state index in [4.69, 9.17) is 10.5 Å².